The highest BCUT2D eigenvalue weighted by Gasteiger charge is 2.14. The number of anilines is 1. The summed E-state index contributed by atoms with van der Waals surface area (Å²) in [4.78, 5) is 19.4. The maximum atomic E-state index is 10.8. The molecule has 7 heteroatoms. The Morgan fingerprint density at radius 1 is 1.27 bits per heavy atom. The predicted molar refractivity (Wildman–Crippen MR) is 96.4 cm³/mol. The first-order chi connectivity index (χ1) is 12.6. The summed E-state index contributed by atoms with van der Waals surface area (Å²) in [6, 6.07) is 13.6. The number of nitrogens with zero attached hydrogens (tertiary/aromatic N) is 3. The van der Waals surface area contributed by atoms with Crippen LogP contribution in [-0.4, -0.2) is 26.2 Å². The highest BCUT2D eigenvalue weighted by molar-refractivity contribution is 5.67. The van der Waals surface area contributed by atoms with Crippen molar-refractivity contribution < 1.29 is 14.4 Å². The minimum atomic E-state index is -0.828. The average Bonchev–Trinajstić information content (AvgIpc) is 3.09. The zero-order valence-corrected chi connectivity index (χ0v) is 14.4. The molecule has 3 aromatic rings. The van der Waals surface area contributed by atoms with Crippen molar-refractivity contribution in [2.75, 3.05) is 5.32 Å². The molecule has 0 aliphatic carbocycles. The fraction of sp³-hybridized carbons (Fsp3) is 0.263. The zero-order valence-electron chi connectivity index (χ0n) is 14.4. The lowest BCUT2D eigenvalue weighted by atomic mass is 10.0. The van der Waals surface area contributed by atoms with Crippen molar-refractivity contribution in [1.29, 1.82) is 0 Å². The van der Waals surface area contributed by atoms with Crippen LogP contribution < -0.4 is 5.32 Å². The smallest absolute Gasteiger partial charge is 0.303 e. The molecular weight excluding hydrogens is 332 g/mol. The molecule has 7 nitrogen and oxygen atoms in total. The highest BCUT2D eigenvalue weighted by atomic mass is 16.5. The van der Waals surface area contributed by atoms with E-state index in [1.165, 1.54) is 0 Å². The van der Waals surface area contributed by atoms with Gasteiger partial charge in [-0.3, -0.25) is 4.79 Å². The summed E-state index contributed by atoms with van der Waals surface area (Å²) < 4.78 is 5.26. The summed E-state index contributed by atoms with van der Waals surface area (Å²) >= 11 is 0. The van der Waals surface area contributed by atoms with E-state index in [-0.39, 0.29) is 12.3 Å². The standard InChI is InChI=1S/C19H20N4O3/c1-13(10-18(24)25)9-17-22-19(23-26-17)15-6-4-5-14(11-15)12-21-16-7-2-3-8-20-16/h2-8,11,13H,9-10,12H2,1H3,(H,20,21)(H,24,25). The maximum absolute atomic E-state index is 10.8. The van der Waals surface area contributed by atoms with E-state index < -0.39 is 5.97 Å². The molecule has 0 amide bonds. The molecule has 0 bridgehead atoms. The van der Waals surface area contributed by atoms with Crippen LogP contribution in [0.2, 0.25) is 0 Å². The van der Waals surface area contributed by atoms with Gasteiger partial charge in [0.2, 0.25) is 11.7 Å². The first-order valence-corrected chi connectivity index (χ1v) is 8.39. The normalized spacial score (nSPS) is 11.9. The van der Waals surface area contributed by atoms with Gasteiger partial charge in [-0.1, -0.05) is 36.3 Å². The Kier molecular flexibility index (Phi) is 5.58. The van der Waals surface area contributed by atoms with Crippen molar-refractivity contribution in [3.05, 3.63) is 60.1 Å². The van der Waals surface area contributed by atoms with Gasteiger partial charge in [-0.2, -0.15) is 4.98 Å². The van der Waals surface area contributed by atoms with Crippen molar-refractivity contribution in [2.24, 2.45) is 5.92 Å². The number of carboxylic acids is 1. The van der Waals surface area contributed by atoms with E-state index in [0.717, 1.165) is 16.9 Å². The number of rotatable bonds is 8. The molecule has 3 rings (SSSR count). The SMILES string of the molecule is CC(CC(=O)O)Cc1nc(-c2cccc(CNc3ccccn3)c2)no1. The van der Waals surface area contributed by atoms with Gasteiger partial charge in [0.1, 0.15) is 5.82 Å². The Balaban J connectivity index is 1.65. The maximum Gasteiger partial charge on any atom is 0.303 e. The number of carboxylic acid groups (broad SMARTS) is 1. The largest absolute Gasteiger partial charge is 0.481 e. The minimum Gasteiger partial charge on any atom is -0.481 e. The molecule has 0 radical (unpaired) electrons. The first-order valence-electron chi connectivity index (χ1n) is 8.39. The first kappa shape index (κ1) is 17.6. The molecule has 0 saturated heterocycles. The molecule has 2 aromatic heterocycles. The van der Waals surface area contributed by atoms with Gasteiger partial charge in [0.25, 0.3) is 0 Å². The lowest BCUT2D eigenvalue weighted by molar-refractivity contribution is -0.137. The summed E-state index contributed by atoms with van der Waals surface area (Å²) in [7, 11) is 0. The molecule has 2 heterocycles. The Morgan fingerprint density at radius 3 is 2.92 bits per heavy atom. The number of hydrogen-bond donors (Lipinski definition) is 2. The monoisotopic (exact) mass is 352 g/mol. The number of aliphatic carboxylic acids is 1. The molecule has 0 fully saturated rings. The van der Waals surface area contributed by atoms with E-state index in [4.69, 9.17) is 9.63 Å². The van der Waals surface area contributed by atoms with Crippen LogP contribution in [0.3, 0.4) is 0 Å². The highest BCUT2D eigenvalue weighted by Crippen LogP contribution is 2.19. The van der Waals surface area contributed by atoms with E-state index >= 15 is 0 Å². The summed E-state index contributed by atoms with van der Waals surface area (Å²) in [5.41, 5.74) is 1.92. The summed E-state index contributed by atoms with van der Waals surface area (Å²) in [5, 5.41) is 16.1. The molecule has 26 heavy (non-hydrogen) atoms. The van der Waals surface area contributed by atoms with Crippen molar-refractivity contribution in [2.45, 2.75) is 26.3 Å². The van der Waals surface area contributed by atoms with Crippen LogP contribution >= 0.6 is 0 Å². The van der Waals surface area contributed by atoms with Gasteiger partial charge in [0.05, 0.1) is 0 Å². The topological polar surface area (TPSA) is 101 Å². The van der Waals surface area contributed by atoms with E-state index in [1.54, 1.807) is 6.20 Å². The predicted octanol–water partition coefficient (Wildman–Crippen LogP) is 3.40. The second-order valence-electron chi connectivity index (χ2n) is 6.19. The lowest BCUT2D eigenvalue weighted by Crippen LogP contribution is -2.07. The van der Waals surface area contributed by atoms with Crippen molar-refractivity contribution >= 4 is 11.8 Å². The van der Waals surface area contributed by atoms with Crippen LogP contribution in [0.1, 0.15) is 24.8 Å². The van der Waals surface area contributed by atoms with E-state index in [1.807, 2.05) is 49.4 Å². The minimum absolute atomic E-state index is 0.0605. The fourth-order valence-electron chi connectivity index (χ4n) is 2.60. The van der Waals surface area contributed by atoms with Crippen LogP contribution in [0.4, 0.5) is 5.82 Å². The second kappa shape index (κ2) is 8.24. The van der Waals surface area contributed by atoms with Crippen LogP contribution in [0.15, 0.2) is 53.2 Å². The lowest BCUT2D eigenvalue weighted by Gasteiger charge is -2.06. The van der Waals surface area contributed by atoms with Crippen molar-refractivity contribution in [3.8, 4) is 11.4 Å². The third kappa shape index (κ3) is 4.89. The Labute approximate surface area is 151 Å². The van der Waals surface area contributed by atoms with Gasteiger partial charge < -0.3 is 14.9 Å². The zero-order chi connectivity index (χ0) is 18.4. The number of benzene rings is 1. The number of nitrogens with one attached hydrogen (secondary N) is 1. The van der Waals surface area contributed by atoms with Gasteiger partial charge in [0, 0.05) is 31.1 Å². The van der Waals surface area contributed by atoms with Crippen molar-refractivity contribution in [1.82, 2.24) is 15.1 Å². The second-order valence-corrected chi connectivity index (χ2v) is 6.19. The molecule has 1 aromatic carbocycles. The third-order valence-electron chi connectivity index (χ3n) is 3.84. The molecule has 1 atom stereocenters. The molecule has 2 N–H and O–H groups in total. The van der Waals surface area contributed by atoms with Crippen LogP contribution in [-0.2, 0) is 17.8 Å². The molecule has 0 saturated carbocycles. The molecule has 1 unspecified atom stereocenters. The van der Waals surface area contributed by atoms with Gasteiger partial charge >= 0.3 is 5.97 Å². The number of carbonyl (C=O) groups is 1. The average molecular weight is 352 g/mol. The van der Waals surface area contributed by atoms with Gasteiger partial charge in [-0.25, -0.2) is 4.98 Å². The van der Waals surface area contributed by atoms with Crippen LogP contribution in [0.5, 0.6) is 0 Å². The Morgan fingerprint density at radius 2 is 2.15 bits per heavy atom. The van der Waals surface area contributed by atoms with Crippen LogP contribution in [0.25, 0.3) is 11.4 Å². The number of pyridine rings is 1. The molecule has 0 aliphatic rings. The van der Waals surface area contributed by atoms with Crippen LogP contribution in [0, 0.1) is 5.92 Å². The molecule has 0 aliphatic heterocycles. The van der Waals surface area contributed by atoms with E-state index in [2.05, 4.69) is 20.4 Å². The fourth-order valence-corrected chi connectivity index (χ4v) is 2.60. The van der Waals surface area contributed by atoms with E-state index in [0.29, 0.717) is 24.7 Å². The third-order valence-corrected chi connectivity index (χ3v) is 3.84. The van der Waals surface area contributed by atoms with Gasteiger partial charge in [-0.05, 0) is 29.7 Å². The molecule has 0 spiro atoms. The number of hydrogen-bond acceptors (Lipinski definition) is 6. The summed E-state index contributed by atoms with van der Waals surface area (Å²) in [5.74, 6) is 0.875. The van der Waals surface area contributed by atoms with Gasteiger partial charge in [0.15, 0.2) is 0 Å². The number of aromatic nitrogens is 3. The van der Waals surface area contributed by atoms with Crippen molar-refractivity contribution in [3.63, 3.8) is 0 Å². The summed E-state index contributed by atoms with van der Waals surface area (Å²) in [6.07, 6.45) is 2.26. The van der Waals surface area contributed by atoms with Gasteiger partial charge in [-0.15, -0.1) is 0 Å². The quantitative estimate of drug-likeness (QED) is 0.640. The molecular formula is C19H20N4O3. The summed E-state index contributed by atoms with van der Waals surface area (Å²) in [6.45, 7) is 2.48. The Bertz CT molecular complexity index is 864. The Hall–Kier alpha value is -3.22. The van der Waals surface area contributed by atoms with E-state index in [9.17, 15) is 4.79 Å². The molecule has 134 valence electrons.